The fourth-order valence-corrected chi connectivity index (χ4v) is 0.489. The SMILES string of the molecule is [B]1[B]OCCC1. The van der Waals surface area contributed by atoms with Gasteiger partial charge in [-0.15, -0.1) is 0 Å². The van der Waals surface area contributed by atoms with Crippen molar-refractivity contribution in [1.29, 1.82) is 0 Å². The molecule has 0 atom stereocenters. The van der Waals surface area contributed by atoms with E-state index < -0.39 is 0 Å². The summed E-state index contributed by atoms with van der Waals surface area (Å²) in [5, 5.41) is 0. The molecule has 6 heavy (non-hydrogen) atoms. The molecule has 0 aromatic heterocycles. The van der Waals surface area contributed by atoms with Crippen LogP contribution >= 0.6 is 0 Å². The highest BCUT2D eigenvalue weighted by Gasteiger charge is 1.99. The minimum Gasteiger partial charge on any atom is -0.451 e. The average Bonchev–Trinajstić information content (AvgIpc) is 1.72. The van der Waals surface area contributed by atoms with Crippen LogP contribution in [0.1, 0.15) is 6.42 Å². The van der Waals surface area contributed by atoms with Gasteiger partial charge in [-0.05, 0) is 6.42 Å². The summed E-state index contributed by atoms with van der Waals surface area (Å²) in [6, 6.07) is 0. The lowest BCUT2D eigenvalue weighted by Crippen LogP contribution is -2.15. The Bertz CT molecular complexity index is 24.3. The van der Waals surface area contributed by atoms with Crippen molar-refractivity contribution in [3.05, 3.63) is 0 Å². The van der Waals surface area contributed by atoms with Crippen molar-refractivity contribution in [3.63, 3.8) is 0 Å². The first-order valence-electron chi connectivity index (χ1n) is 2.27. The zero-order valence-corrected chi connectivity index (χ0v) is 3.68. The number of hydrogen-bond donors (Lipinski definition) is 0. The monoisotopic (exact) mass is 80.1 g/mol. The predicted molar refractivity (Wildman–Crippen MR) is 26.9 cm³/mol. The maximum atomic E-state index is 4.89. The number of hydrogen-bond acceptors (Lipinski definition) is 1. The fraction of sp³-hybridized carbons (Fsp3) is 1.00. The average molecular weight is 79.7 g/mol. The van der Waals surface area contributed by atoms with Gasteiger partial charge in [0.15, 0.2) is 0 Å². The highest BCUT2D eigenvalue weighted by atomic mass is 16.4. The molecule has 30 valence electrons. The third-order valence-electron chi connectivity index (χ3n) is 0.825. The summed E-state index contributed by atoms with van der Waals surface area (Å²) in [5.74, 6) is 0. The molecule has 2 radical (unpaired) electrons. The second kappa shape index (κ2) is 2.30. The van der Waals surface area contributed by atoms with Crippen LogP contribution in [0.4, 0.5) is 0 Å². The van der Waals surface area contributed by atoms with Gasteiger partial charge in [-0.1, -0.05) is 6.32 Å². The Hall–Kier alpha value is 0.0899. The minimum absolute atomic E-state index is 0.913. The van der Waals surface area contributed by atoms with Gasteiger partial charge in [0.25, 0.3) is 0 Å². The van der Waals surface area contributed by atoms with Crippen molar-refractivity contribution in [3.8, 4) is 0 Å². The smallest absolute Gasteiger partial charge is 0.240 e. The molecular weight excluding hydrogens is 73.7 g/mol. The summed E-state index contributed by atoms with van der Waals surface area (Å²) < 4.78 is 4.89. The molecule has 1 aliphatic heterocycles. The van der Waals surface area contributed by atoms with E-state index in [1.165, 1.54) is 12.7 Å². The second-order valence-corrected chi connectivity index (χ2v) is 1.38. The molecule has 0 aliphatic carbocycles. The lowest BCUT2D eigenvalue weighted by molar-refractivity contribution is 0.337. The second-order valence-electron chi connectivity index (χ2n) is 1.38. The van der Waals surface area contributed by atoms with E-state index in [0.717, 1.165) is 6.61 Å². The van der Waals surface area contributed by atoms with Gasteiger partial charge >= 0.3 is 0 Å². The summed E-state index contributed by atoms with van der Waals surface area (Å²) in [6.07, 6.45) is 2.39. The predicted octanol–water partition coefficient (Wildman–Crippen LogP) is 0.0634. The van der Waals surface area contributed by atoms with Crippen molar-refractivity contribution >= 4 is 14.5 Å². The van der Waals surface area contributed by atoms with Crippen molar-refractivity contribution in [1.82, 2.24) is 0 Å². The Morgan fingerprint density at radius 3 is 2.67 bits per heavy atom. The molecule has 0 amide bonds. The molecule has 0 spiro atoms. The Labute approximate surface area is 39.6 Å². The van der Waals surface area contributed by atoms with Gasteiger partial charge in [0.05, 0.1) is 0 Å². The molecule has 0 saturated carbocycles. The molecular formula is C3H6B2O. The van der Waals surface area contributed by atoms with Crippen LogP contribution in [0.3, 0.4) is 0 Å². The Balaban J connectivity index is 2.00. The van der Waals surface area contributed by atoms with Gasteiger partial charge in [0, 0.05) is 6.61 Å². The molecule has 1 rings (SSSR count). The van der Waals surface area contributed by atoms with E-state index in [2.05, 4.69) is 0 Å². The topological polar surface area (TPSA) is 9.23 Å². The first-order valence-corrected chi connectivity index (χ1v) is 2.27. The molecule has 1 saturated heterocycles. The van der Waals surface area contributed by atoms with E-state index in [1.807, 2.05) is 7.17 Å². The van der Waals surface area contributed by atoms with E-state index in [0.29, 0.717) is 0 Å². The molecule has 1 aliphatic rings. The molecule has 0 unspecified atom stereocenters. The highest BCUT2D eigenvalue weighted by molar-refractivity contribution is 6.97. The van der Waals surface area contributed by atoms with Crippen molar-refractivity contribution in [2.45, 2.75) is 12.7 Å². The Kier molecular flexibility index (Phi) is 1.63. The van der Waals surface area contributed by atoms with E-state index in [9.17, 15) is 0 Å². The Morgan fingerprint density at radius 1 is 1.50 bits per heavy atom. The van der Waals surface area contributed by atoms with E-state index in [-0.39, 0.29) is 0 Å². The standard InChI is InChI=1S/C3H6B2O/c1-2-4-5-6-3-1/h1-3H2. The molecule has 3 heteroatoms. The normalized spacial score (nSPS) is 21.3. The van der Waals surface area contributed by atoms with E-state index in [1.54, 1.807) is 7.37 Å². The highest BCUT2D eigenvalue weighted by Crippen LogP contribution is 1.93. The third-order valence-corrected chi connectivity index (χ3v) is 0.825. The summed E-state index contributed by atoms with van der Waals surface area (Å²) in [5.41, 5.74) is 0. The molecule has 0 N–H and O–H groups in total. The van der Waals surface area contributed by atoms with Crippen molar-refractivity contribution in [2.24, 2.45) is 0 Å². The largest absolute Gasteiger partial charge is 0.451 e. The van der Waals surface area contributed by atoms with Crippen molar-refractivity contribution < 1.29 is 4.65 Å². The van der Waals surface area contributed by atoms with Crippen LogP contribution in [0.15, 0.2) is 0 Å². The first kappa shape index (κ1) is 4.25. The minimum atomic E-state index is 0.913. The van der Waals surface area contributed by atoms with E-state index >= 15 is 0 Å². The van der Waals surface area contributed by atoms with Gasteiger partial charge in [-0.25, -0.2) is 0 Å². The van der Waals surface area contributed by atoms with Crippen LogP contribution in [0, 0.1) is 0 Å². The van der Waals surface area contributed by atoms with Crippen LogP contribution in [0.5, 0.6) is 0 Å². The summed E-state index contributed by atoms with van der Waals surface area (Å²) in [6.45, 7) is 0.913. The zero-order chi connectivity index (χ0) is 4.24. The summed E-state index contributed by atoms with van der Waals surface area (Å²) in [7, 11) is 3.81. The zero-order valence-electron chi connectivity index (χ0n) is 3.68. The molecule has 0 bridgehead atoms. The van der Waals surface area contributed by atoms with Crippen LogP contribution in [0.25, 0.3) is 0 Å². The molecule has 0 aromatic carbocycles. The third kappa shape index (κ3) is 1.05. The number of rotatable bonds is 0. The van der Waals surface area contributed by atoms with Gasteiger partial charge < -0.3 is 4.65 Å². The van der Waals surface area contributed by atoms with Crippen LogP contribution in [-0.2, 0) is 4.65 Å². The van der Waals surface area contributed by atoms with Crippen LogP contribution in [0.2, 0.25) is 6.32 Å². The van der Waals surface area contributed by atoms with Gasteiger partial charge in [-0.2, -0.15) is 0 Å². The van der Waals surface area contributed by atoms with Gasteiger partial charge in [0.1, 0.15) is 7.17 Å². The maximum absolute atomic E-state index is 4.89. The molecule has 1 fully saturated rings. The van der Waals surface area contributed by atoms with Crippen LogP contribution < -0.4 is 0 Å². The van der Waals surface area contributed by atoms with Gasteiger partial charge in [0.2, 0.25) is 7.37 Å². The molecule has 1 heterocycles. The maximum Gasteiger partial charge on any atom is 0.240 e. The summed E-state index contributed by atoms with van der Waals surface area (Å²) in [4.78, 5) is 0. The molecule has 0 aromatic rings. The first-order chi connectivity index (χ1) is 3.00. The van der Waals surface area contributed by atoms with Crippen LogP contribution in [-0.4, -0.2) is 21.2 Å². The summed E-state index contributed by atoms with van der Waals surface area (Å²) >= 11 is 0. The van der Waals surface area contributed by atoms with Crippen molar-refractivity contribution in [2.75, 3.05) is 6.61 Å². The fourth-order valence-electron chi connectivity index (χ4n) is 0.489. The van der Waals surface area contributed by atoms with E-state index in [4.69, 9.17) is 4.65 Å². The quantitative estimate of drug-likeness (QED) is 0.374. The Morgan fingerprint density at radius 2 is 2.50 bits per heavy atom. The molecule has 1 nitrogen and oxygen atoms in total. The van der Waals surface area contributed by atoms with Gasteiger partial charge in [-0.3, -0.25) is 0 Å². The lowest BCUT2D eigenvalue weighted by Gasteiger charge is -2.05. The lowest BCUT2D eigenvalue weighted by atomic mass is 9.46.